The lowest BCUT2D eigenvalue weighted by molar-refractivity contribution is 0.0951. The Labute approximate surface area is 79.8 Å². The topological polar surface area (TPSA) is 46.2 Å². The fourth-order valence-corrected chi connectivity index (χ4v) is 2.41. The molecule has 3 nitrogen and oxygen atoms in total. The van der Waals surface area contributed by atoms with Crippen molar-refractivity contribution in [2.45, 2.75) is 12.8 Å². The van der Waals surface area contributed by atoms with Gasteiger partial charge in [0.25, 0.3) is 5.91 Å². The quantitative estimate of drug-likeness (QED) is 0.685. The molecule has 0 bridgehead atoms. The standard InChI is InChI=1S/C9H9NO2S/c11-4-7-8-6(5-13-7)2-1-3-10-9(8)12/h4-5H,1-3H2,(H,10,12). The van der Waals surface area contributed by atoms with Crippen LogP contribution in [0.4, 0.5) is 0 Å². The summed E-state index contributed by atoms with van der Waals surface area (Å²) in [6.45, 7) is 0.705. The highest BCUT2D eigenvalue weighted by molar-refractivity contribution is 7.12. The number of carbonyl (C=O) groups excluding carboxylic acids is 2. The maximum absolute atomic E-state index is 11.5. The Bertz CT molecular complexity index is 356. The van der Waals surface area contributed by atoms with Gasteiger partial charge in [-0.25, -0.2) is 0 Å². The molecule has 1 amide bonds. The molecule has 0 radical (unpaired) electrons. The summed E-state index contributed by atoms with van der Waals surface area (Å²) in [5.74, 6) is -0.101. The number of aldehydes is 1. The molecule has 0 aliphatic carbocycles. The summed E-state index contributed by atoms with van der Waals surface area (Å²) in [6, 6.07) is 0. The monoisotopic (exact) mass is 195 g/mol. The first-order chi connectivity index (χ1) is 6.33. The van der Waals surface area contributed by atoms with Gasteiger partial charge in [0.1, 0.15) is 0 Å². The number of thiophene rings is 1. The van der Waals surface area contributed by atoms with Gasteiger partial charge in [0.15, 0.2) is 6.29 Å². The molecule has 1 aromatic rings. The van der Waals surface area contributed by atoms with Gasteiger partial charge in [-0.3, -0.25) is 9.59 Å². The molecule has 1 aromatic heterocycles. The lowest BCUT2D eigenvalue weighted by atomic mass is 10.1. The van der Waals surface area contributed by atoms with Gasteiger partial charge in [-0.15, -0.1) is 11.3 Å². The zero-order valence-electron chi connectivity index (χ0n) is 7.00. The fourth-order valence-electron chi connectivity index (χ4n) is 1.51. The Morgan fingerprint density at radius 3 is 3.15 bits per heavy atom. The first kappa shape index (κ1) is 8.44. The SMILES string of the molecule is O=Cc1scc2c1C(=O)NCCC2. The van der Waals surface area contributed by atoms with Crippen molar-refractivity contribution in [2.75, 3.05) is 6.54 Å². The molecular formula is C9H9NO2S. The van der Waals surface area contributed by atoms with E-state index in [-0.39, 0.29) is 5.91 Å². The number of fused-ring (bicyclic) bond motifs is 1. The summed E-state index contributed by atoms with van der Waals surface area (Å²) in [7, 11) is 0. The fraction of sp³-hybridized carbons (Fsp3) is 0.333. The van der Waals surface area contributed by atoms with Crippen LogP contribution in [0.5, 0.6) is 0 Å². The molecule has 0 fully saturated rings. The van der Waals surface area contributed by atoms with Gasteiger partial charge < -0.3 is 5.32 Å². The molecule has 0 spiro atoms. The van der Waals surface area contributed by atoms with Crippen molar-refractivity contribution < 1.29 is 9.59 Å². The van der Waals surface area contributed by atoms with E-state index >= 15 is 0 Å². The second-order valence-electron chi connectivity index (χ2n) is 2.98. The van der Waals surface area contributed by atoms with Crippen molar-refractivity contribution in [3.63, 3.8) is 0 Å². The van der Waals surface area contributed by atoms with Crippen LogP contribution in [0, 0.1) is 0 Å². The van der Waals surface area contributed by atoms with Gasteiger partial charge in [-0.05, 0) is 23.8 Å². The van der Waals surface area contributed by atoms with Gasteiger partial charge >= 0.3 is 0 Å². The summed E-state index contributed by atoms with van der Waals surface area (Å²) in [4.78, 5) is 22.7. The van der Waals surface area contributed by atoms with Crippen LogP contribution in [-0.2, 0) is 6.42 Å². The number of amides is 1. The molecule has 0 unspecified atom stereocenters. The van der Waals surface area contributed by atoms with Crippen LogP contribution in [0.1, 0.15) is 32.0 Å². The van der Waals surface area contributed by atoms with Crippen LogP contribution < -0.4 is 5.32 Å². The van der Waals surface area contributed by atoms with Crippen molar-refractivity contribution in [1.82, 2.24) is 5.32 Å². The first-order valence-electron chi connectivity index (χ1n) is 4.16. The molecule has 1 aliphatic rings. The maximum atomic E-state index is 11.5. The van der Waals surface area contributed by atoms with Crippen LogP contribution >= 0.6 is 11.3 Å². The van der Waals surface area contributed by atoms with E-state index in [1.54, 1.807) is 0 Å². The van der Waals surface area contributed by atoms with Gasteiger partial charge in [0, 0.05) is 6.54 Å². The minimum Gasteiger partial charge on any atom is -0.352 e. The maximum Gasteiger partial charge on any atom is 0.253 e. The molecule has 4 heteroatoms. The van der Waals surface area contributed by atoms with Crippen LogP contribution in [0.3, 0.4) is 0 Å². The smallest absolute Gasteiger partial charge is 0.253 e. The molecule has 68 valence electrons. The zero-order chi connectivity index (χ0) is 9.26. The van der Waals surface area contributed by atoms with Gasteiger partial charge in [0.05, 0.1) is 10.4 Å². The normalized spacial score (nSPS) is 15.8. The Balaban J connectivity index is 2.51. The Kier molecular flexibility index (Phi) is 2.14. The van der Waals surface area contributed by atoms with Crippen molar-refractivity contribution in [1.29, 1.82) is 0 Å². The average Bonchev–Trinajstić information content (AvgIpc) is 2.47. The minimum absolute atomic E-state index is 0.101. The molecular weight excluding hydrogens is 186 g/mol. The predicted octanol–water partition coefficient (Wildman–Crippen LogP) is 1.24. The van der Waals surface area contributed by atoms with E-state index in [9.17, 15) is 9.59 Å². The van der Waals surface area contributed by atoms with Crippen LogP contribution in [-0.4, -0.2) is 18.7 Å². The summed E-state index contributed by atoms with van der Waals surface area (Å²) in [5, 5.41) is 4.68. The molecule has 0 saturated heterocycles. The summed E-state index contributed by atoms with van der Waals surface area (Å²) >= 11 is 1.35. The van der Waals surface area contributed by atoms with Crippen LogP contribution in [0.25, 0.3) is 0 Å². The summed E-state index contributed by atoms with van der Waals surface area (Å²) in [6.07, 6.45) is 2.60. The van der Waals surface area contributed by atoms with E-state index in [2.05, 4.69) is 5.32 Å². The third-order valence-electron chi connectivity index (χ3n) is 2.14. The van der Waals surface area contributed by atoms with E-state index in [0.717, 1.165) is 24.7 Å². The van der Waals surface area contributed by atoms with E-state index in [1.165, 1.54) is 11.3 Å². The number of hydrogen-bond donors (Lipinski definition) is 1. The van der Waals surface area contributed by atoms with Crippen LogP contribution in [0.2, 0.25) is 0 Å². The Hall–Kier alpha value is -1.16. The molecule has 0 aromatic carbocycles. The van der Waals surface area contributed by atoms with E-state index in [1.807, 2.05) is 5.38 Å². The van der Waals surface area contributed by atoms with E-state index in [0.29, 0.717) is 17.0 Å². The number of hydrogen-bond acceptors (Lipinski definition) is 3. The second-order valence-corrected chi connectivity index (χ2v) is 3.89. The molecule has 0 atom stereocenters. The second kappa shape index (κ2) is 3.30. The van der Waals surface area contributed by atoms with Crippen molar-refractivity contribution >= 4 is 23.5 Å². The van der Waals surface area contributed by atoms with Crippen LogP contribution in [0.15, 0.2) is 5.38 Å². The van der Waals surface area contributed by atoms with Crippen molar-refractivity contribution in [3.8, 4) is 0 Å². The first-order valence-corrected chi connectivity index (χ1v) is 5.04. The highest BCUT2D eigenvalue weighted by Gasteiger charge is 2.20. The van der Waals surface area contributed by atoms with Crippen molar-refractivity contribution in [2.24, 2.45) is 0 Å². The molecule has 2 heterocycles. The third kappa shape index (κ3) is 1.37. The lowest BCUT2D eigenvalue weighted by Crippen LogP contribution is -2.23. The highest BCUT2D eigenvalue weighted by atomic mass is 32.1. The van der Waals surface area contributed by atoms with Gasteiger partial charge in [0.2, 0.25) is 0 Å². The molecule has 2 rings (SSSR count). The molecule has 0 saturated carbocycles. The van der Waals surface area contributed by atoms with E-state index < -0.39 is 0 Å². The predicted molar refractivity (Wildman–Crippen MR) is 50.4 cm³/mol. The molecule has 1 N–H and O–H groups in total. The third-order valence-corrected chi connectivity index (χ3v) is 3.09. The summed E-state index contributed by atoms with van der Waals surface area (Å²) < 4.78 is 0. The largest absolute Gasteiger partial charge is 0.352 e. The number of rotatable bonds is 1. The minimum atomic E-state index is -0.101. The van der Waals surface area contributed by atoms with Gasteiger partial charge in [-0.2, -0.15) is 0 Å². The number of aryl methyl sites for hydroxylation is 1. The molecule has 1 aliphatic heterocycles. The Morgan fingerprint density at radius 1 is 1.54 bits per heavy atom. The Morgan fingerprint density at radius 2 is 2.38 bits per heavy atom. The molecule has 13 heavy (non-hydrogen) atoms. The average molecular weight is 195 g/mol. The zero-order valence-corrected chi connectivity index (χ0v) is 7.82. The van der Waals surface area contributed by atoms with Gasteiger partial charge in [-0.1, -0.05) is 0 Å². The number of carbonyl (C=O) groups is 2. The van der Waals surface area contributed by atoms with Crippen molar-refractivity contribution in [3.05, 3.63) is 21.4 Å². The lowest BCUT2D eigenvalue weighted by Gasteiger charge is -1.98. The van der Waals surface area contributed by atoms with E-state index in [4.69, 9.17) is 0 Å². The highest BCUT2D eigenvalue weighted by Crippen LogP contribution is 2.23. The number of nitrogens with one attached hydrogen (secondary N) is 1. The summed E-state index contributed by atoms with van der Waals surface area (Å²) in [5.41, 5.74) is 1.61.